The highest BCUT2D eigenvalue weighted by atomic mass is 32.2. The molecule has 1 aromatic heterocycles. The van der Waals surface area contributed by atoms with Gasteiger partial charge in [0.15, 0.2) is 0 Å². The Kier molecular flexibility index (Phi) is 5.41. The van der Waals surface area contributed by atoms with Crippen molar-refractivity contribution >= 4 is 33.0 Å². The minimum absolute atomic E-state index is 0.167. The molecular weight excluding hydrogens is 360 g/mol. The number of anilines is 1. The number of benzene rings is 1. The van der Waals surface area contributed by atoms with Crippen LogP contribution in [0.25, 0.3) is 0 Å². The number of hydrogen-bond acceptors (Lipinski definition) is 5. The maximum Gasteiger partial charge on any atom is 0.252 e. The highest BCUT2D eigenvalue weighted by Crippen LogP contribution is 2.27. The van der Waals surface area contributed by atoms with Crippen LogP contribution in [-0.2, 0) is 14.8 Å². The second-order valence-corrected chi connectivity index (χ2v) is 8.97. The molecule has 1 amide bonds. The Morgan fingerprint density at radius 3 is 2.88 bits per heavy atom. The normalized spacial score (nSPS) is 18.7. The van der Waals surface area contributed by atoms with E-state index in [1.165, 1.54) is 15.6 Å². The molecule has 2 heterocycles. The number of rotatable bonds is 5. The minimum atomic E-state index is -3.52. The zero-order valence-electron chi connectivity index (χ0n) is 13.8. The molecule has 1 N–H and O–H groups in total. The lowest BCUT2D eigenvalue weighted by atomic mass is 9.98. The lowest BCUT2D eigenvalue weighted by molar-refractivity contribution is -0.120. The number of nitrogens with zero attached hydrogens (tertiary/aromatic N) is 1. The van der Waals surface area contributed by atoms with Crippen molar-refractivity contribution < 1.29 is 17.9 Å². The highest BCUT2D eigenvalue weighted by molar-refractivity contribution is 7.91. The highest BCUT2D eigenvalue weighted by Gasteiger charge is 2.33. The largest absolute Gasteiger partial charge is 0.497 e. The molecule has 1 fully saturated rings. The van der Waals surface area contributed by atoms with Crippen LogP contribution in [0.4, 0.5) is 5.69 Å². The Morgan fingerprint density at radius 1 is 1.32 bits per heavy atom. The van der Waals surface area contributed by atoms with E-state index in [1.807, 2.05) is 0 Å². The van der Waals surface area contributed by atoms with Gasteiger partial charge in [-0.2, -0.15) is 4.31 Å². The van der Waals surface area contributed by atoms with E-state index in [1.54, 1.807) is 48.9 Å². The summed E-state index contributed by atoms with van der Waals surface area (Å²) < 4.78 is 32.2. The minimum Gasteiger partial charge on any atom is -0.497 e. The summed E-state index contributed by atoms with van der Waals surface area (Å²) >= 11 is 1.20. The molecule has 1 saturated heterocycles. The average Bonchev–Trinajstić information content (AvgIpc) is 3.17. The van der Waals surface area contributed by atoms with Gasteiger partial charge in [0, 0.05) is 24.8 Å². The monoisotopic (exact) mass is 380 g/mol. The Labute approximate surface area is 151 Å². The van der Waals surface area contributed by atoms with Crippen LogP contribution in [0.1, 0.15) is 12.8 Å². The quantitative estimate of drug-likeness (QED) is 0.865. The third-order valence-corrected chi connectivity index (χ3v) is 7.42. The van der Waals surface area contributed by atoms with Crippen molar-refractivity contribution in [3.05, 3.63) is 41.8 Å². The molecule has 8 heteroatoms. The molecular formula is C17H20N2O4S2. The molecule has 1 unspecified atom stereocenters. The third kappa shape index (κ3) is 4.02. The smallest absolute Gasteiger partial charge is 0.252 e. The number of ether oxygens (including phenoxy) is 1. The average molecular weight is 380 g/mol. The molecule has 6 nitrogen and oxygen atoms in total. The molecule has 0 spiro atoms. The summed E-state index contributed by atoms with van der Waals surface area (Å²) in [5, 5.41) is 4.60. The molecule has 1 aliphatic heterocycles. The number of methoxy groups -OCH3 is 1. The molecule has 0 aliphatic carbocycles. The van der Waals surface area contributed by atoms with Crippen LogP contribution in [0.5, 0.6) is 5.75 Å². The number of piperidine rings is 1. The van der Waals surface area contributed by atoms with Gasteiger partial charge in [0.1, 0.15) is 9.96 Å². The third-order valence-electron chi connectivity index (χ3n) is 4.18. The Hall–Kier alpha value is -1.90. The number of carbonyl (C=O) groups excluding carboxylic acids is 1. The predicted molar refractivity (Wildman–Crippen MR) is 97.4 cm³/mol. The summed E-state index contributed by atoms with van der Waals surface area (Å²) in [6, 6.07) is 10.4. The van der Waals surface area contributed by atoms with E-state index < -0.39 is 10.0 Å². The van der Waals surface area contributed by atoms with E-state index in [-0.39, 0.29) is 18.4 Å². The summed E-state index contributed by atoms with van der Waals surface area (Å²) in [5.74, 6) is 0.123. The van der Waals surface area contributed by atoms with Crippen molar-refractivity contribution in [3.8, 4) is 5.75 Å². The maximum absolute atomic E-state index is 12.6. The van der Waals surface area contributed by atoms with E-state index in [2.05, 4.69) is 5.32 Å². The Balaban J connectivity index is 1.69. The van der Waals surface area contributed by atoms with Gasteiger partial charge in [0.25, 0.3) is 10.0 Å². The number of hydrogen-bond donors (Lipinski definition) is 1. The summed E-state index contributed by atoms with van der Waals surface area (Å²) in [6.07, 6.45) is 1.34. The first-order valence-electron chi connectivity index (χ1n) is 7.99. The molecule has 1 aromatic carbocycles. The van der Waals surface area contributed by atoms with Crippen molar-refractivity contribution in [2.75, 3.05) is 25.5 Å². The molecule has 1 atom stereocenters. The topological polar surface area (TPSA) is 75.7 Å². The van der Waals surface area contributed by atoms with Gasteiger partial charge in [0.2, 0.25) is 5.91 Å². The van der Waals surface area contributed by atoms with Crippen LogP contribution < -0.4 is 10.1 Å². The van der Waals surface area contributed by atoms with E-state index >= 15 is 0 Å². The Bertz CT molecular complexity index is 834. The fourth-order valence-corrected chi connectivity index (χ4v) is 5.53. The van der Waals surface area contributed by atoms with Crippen LogP contribution in [0.3, 0.4) is 0 Å². The summed E-state index contributed by atoms with van der Waals surface area (Å²) in [6.45, 7) is 0.652. The molecule has 0 radical (unpaired) electrons. The second kappa shape index (κ2) is 7.55. The summed E-state index contributed by atoms with van der Waals surface area (Å²) in [4.78, 5) is 12.6. The van der Waals surface area contributed by atoms with E-state index in [0.717, 1.165) is 0 Å². The van der Waals surface area contributed by atoms with Crippen LogP contribution in [0, 0.1) is 5.92 Å². The van der Waals surface area contributed by atoms with Gasteiger partial charge in [-0.1, -0.05) is 12.1 Å². The molecule has 134 valence electrons. The zero-order chi connectivity index (χ0) is 17.9. The second-order valence-electron chi connectivity index (χ2n) is 5.86. The maximum atomic E-state index is 12.6. The van der Waals surface area contributed by atoms with Crippen molar-refractivity contribution in [1.82, 2.24) is 4.31 Å². The lowest BCUT2D eigenvalue weighted by Crippen LogP contribution is -2.43. The molecule has 3 rings (SSSR count). The van der Waals surface area contributed by atoms with Gasteiger partial charge in [0.05, 0.1) is 13.0 Å². The van der Waals surface area contributed by atoms with Gasteiger partial charge in [-0.25, -0.2) is 8.42 Å². The fourth-order valence-electron chi connectivity index (χ4n) is 2.86. The molecule has 0 saturated carbocycles. The van der Waals surface area contributed by atoms with Gasteiger partial charge >= 0.3 is 0 Å². The van der Waals surface area contributed by atoms with Crippen molar-refractivity contribution in [2.24, 2.45) is 5.92 Å². The van der Waals surface area contributed by atoms with Crippen molar-refractivity contribution in [3.63, 3.8) is 0 Å². The van der Waals surface area contributed by atoms with Gasteiger partial charge < -0.3 is 10.1 Å². The number of nitrogens with one attached hydrogen (secondary N) is 1. The first-order chi connectivity index (χ1) is 12.0. The van der Waals surface area contributed by atoms with E-state index in [0.29, 0.717) is 35.0 Å². The number of amides is 1. The van der Waals surface area contributed by atoms with Crippen LogP contribution >= 0.6 is 11.3 Å². The first-order valence-corrected chi connectivity index (χ1v) is 10.3. The number of thiophene rings is 1. The van der Waals surface area contributed by atoms with Crippen molar-refractivity contribution in [2.45, 2.75) is 17.1 Å². The molecule has 2 aromatic rings. The lowest BCUT2D eigenvalue weighted by Gasteiger charge is -2.30. The van der Waals surface area contributed by atoms with Gasteiger partial charge in [-0.15, -0.1) is 11.3 Å². The zero-order valence-corrected chi connectivity index (χ0v) is 15.5. The fraction of sp³-hybridized carbons (Fsp3) is 0.353. The van der Waals surface area contributed by atoms with Gasteiger partial charge in [-0.05, 0) is 36.4 Å². The number of sulfonamides is 1. The predicted octanol–water partition coefficient (Wildman–Crippen LogP) is 2.80. The van der Waals surface area contributed by atoms with Gasteiger partial charge in [-0.3, -0.25) is 4.79 Å². The SMILES string of the molecule is COc1cccc(NC(=O)C2CCCN(S(=O)(=O)c3cccs3)C2)c1. The standard InChI is InChI=1S/C17H20N2O4S2/c1-23-15-7-2-6-14(11-15)18-17(20)13-5-3-9-19(12-13)25(21,22)16-8-4-10-24-16/h2,4,6-8,10-11,13H,3,5,9,12H2,1H3,(H,18,20). The van der Waals surface area contributed by atoms with E-state index in [9.17, 15) is 13.2 Å². The van der Waals surface area contributed by atoms with Crippen LogP contribution in [-0.4, -0.2) is 38.8 Å². The van der Waals surface area contributed by atoms with E-state index in [4.69, 9.17) is 4.74 Å². The summed E-state index contributed by atoms with van der Waals surface area (Å²) in [5.41, 5.74) is 0.641. The molecule has 25 heavy (non-hydrogen) atoms. The Morgan fingerprint density at radius 2 is 2.16 bits per heavy atom. The van der Waals surface area contributed by atoms with Crippen LogP contribution in [0.2, 0.25) is 0 Å². The molecule has 0 bridgehead atoms. The summed E-state index contributed by atoms with van der Waals surface area (Å²) in [7, 11) is -1.95. The van der Waals surface area contributed by atoms with Crippen LogP contribution in [0.15, 0.2) is 46.0 Å². The molecule has 1 aliphatic rings. The van der Waals surface area contributed by atoms with Crippen molar-refractivity contribution in [1.29, 1.82) is 0 Å². The first kappa shape index (κ1) is 17.9. The number of carbonyl (C=O) groups is 1.